The lowest BCUT2D eigenvalue weighted by Crippen LogP contribution is -2.45. The minimum Gasteiger partial charge on any atom is -0.483 e. The van der Waals surface area contributed by atoms with E-state index in [-0.39, 0.29) is 12.4 Å². The number of carbonyl (C=O) groups excluding carboxylic acids is 1. The summed E-state index contributed by atoms with van der Waals surface area (Å²) in [5, 5.41) is 7.56. The number of hydrogen-bond acceptors (Lipinski definition) is 5. The number of fused-ring (bicyclic) bond motifs is 1. The lowest BCUT2D eigenvalue weighted by molar-refractivity contribution is -0.134. The molecule has 2 aliphatic heterocycles. The molecule has 2 aromatic carbocycles. The summed E-state index contributed by atoms with van der Waals surface area (Å²) in [4.78, 5) is 36.3. The van der Waals surface area contributed by atoms with Gasteiger partial charge in [-0.15, -0.1) is 0 Å². The van der Waals surface area contributed by atoms with Gasteiger partial charge >= 0.3 is 0 Å². The van der Waals surface area contributed by atoms with Crippen LogP contribution in [0.2, 0.25) is 5.02 Å². The van der Waals surface area contributed by atoms with Gasteiger partial charge in [0.1, 0.15) is 5.82 Å². The zero-order chi connectivity index (χ0) is 24.9. The number of carboxylic acid groups (broad SMARTS) is 1. The molecule has 0 spiro atoms. The normalized spacial score (nSPS) is 20.1. The summed E-state index contributed by atoms with van der Waals surface area (Å²) in [5.74, 6) is 1.13. The average Bonchev–Trinajstić information content (AvgIpc) is 3.52. The molecule has 0 saturated carbocycles. The molecule has 2 saturated heterocycles. The SMILES string of the molecule is CN(C)C1CCN(C(=O)[C@H]2CCCN(c3ccc(Cl)c(-c4nc5ccccc5[nH]4)c3)C2)C1.O=CO. The second kappa shape index (κ2) is 11.1. The monoisotopic (exact) mass is 497 g/mol. The number of rotatable bonds is 4. The van der Waals surface area contributed by atoms with Gasteiger partial charge < -0.3 is 24.8 Å². The van der Waals surface area contributed by atoms with E-state index in [0.717, 1.165) is 73.6 Å². The van der Waals surface area contributed by atoms with Crippen molar-refractivity contribution in [2.24, 2.45) is 5.92 Å². The Morgan fingerprint density at radius 2 is 1.94 bits per heavy atom. The van der Waals surface area contributed by atoms with Crippen LogP contribution in [-0.2, 0) is 9.59 Å². The van der Waals surface area contributed by atoms with Gasteiger partial charge in [-0.1, -0.05) is 23.7 Å². The molecule has 1 unspecified atom stereocenters. The summed E-state index contributed by atoms with van der Waals surface area (Å²) in [6, 6.07) is 14.6. The van der Waals surface area contributed by atoms with Crippen LogP contribution >= 0.6 is 11.6 Å². The van der Waals surface area contributed by atoms with Crippen LogP contribution in [0.25, 0.3) is 22.4 Å². The van der Waals surface area contributed by atoms with E-state index in [1.807, 2.05) is 30.3 Å². The van der Waals surface area contributed by atoms with Gasteiger partial charge in [0.05, 0.1) is 22.0 Å². The Hall–Kier alpha value is -3.10. The molecule has 35 heavy (non-hydrogen) atoms. The van der Waals surface area contributed by atoms with E-state index in [2.05, 4.69) is 45.9 Å². The predicted octanol–water partition coefficient (Wildman–Crippen LogP) is 3.96. The maximum atomic E-state index is 13.2. The summed E-state index contributed by atoms with van der Waals surface area (Å²) in [5.41, 5.74) is 3.90. The molecule has 8 nitrogen and oxygen atoms in total. The Bertz CT molecular complexity index is 1150. The standard InChI is InChI=1S/C25H30ClN5O.CH2O2/c1-29(2)19-11-13-31(16-19)25(32)17-6-5-12-30(15-17)18-9-10-21(26)20(14-18)24-27-22-7-3-4-8-23(22)28-24;2-1-3/h3-4,7-10,14,17,19H,5-6,11-13,15-16H2,1-2H3,(H,27,28);1H,(H,2,3)/t17-,19?;/m0./s1. The number of amides is 1. The van der Waals surface area contributed by atoms with E-state index >= 15 is 0 Å². The van der Waals surface area contributed by atoms with Crippen LogP contribution in [0.15, 0.2) is 42.5 Å². The Morgan fingerprint density at radius 3 is 2.66 bits per heavy atom. The van der Waals surface area contributed by atoms with Crippen molar-refractivity contribution in [1.82, 2.24) is 19.8 Å². The first kappa shape index (κ1) is 25.0. The molecule has 9 heteroatoms. The van der Waals surface area contributed by atoms with Crippen molar-refractivity contribution in [1.29, 1.82) is 0 Å². The Morgan fingerprint density at radius 1 is 1.17 bits per heavy atom. The third-order valence-electron chi connectivity index (χ3n) is 6.94. The molecule has 2 N–H and O–H groups in total. The third-order valence-corrected chi connectivity index (χ3v) is 7.27. The largest absolute Gasteiger partial charge is 0.483 e. The highest BCUT2D eigenvalue weighted by Crippen LogP contribution is 2.33. The number of aromatic amines is 1. The Kier molecular flexibility index (Phi) is 7.93. The topological polar surface area (TPSA) is 92.8 Å². The van der Waals surface area contributed by atoms with Crippen molar-refractivity contribution in [2.75, 3.05) is 45.2 Å². The molecule has 3 heterocycles. The van der Waals surface area contributed by atoms with E-state index in [1.54, 1.807) is 0 Å². The highest BCUT2D eigenvalue weighted by atomic mass is 35.5. The lowest BCUT2D eigenvalue weighted by atomic mass is 9.96. The fraction of sp³-hybridized carbons (Fsp3) is 0.423. The van der Waals surface area contributed by atoms with E-state index in [1.165, 1.54) is 0 Å². The number of benzene rings is 2. The van der Waals surface area contributed by atoms with Gasteiger partial charge in [-0.3, -0.25) is 9.59 Å². The van der Waals surface area contributed by atoms with Gasteiger partial charge in [0.15, 0.2) is 0 Å². The van der Waals surface area contributed by atoms with E-state index < -0.39 is 0 Å². The fourth-order valence-electron chi connectivity index (χ4n) is 5.01. The van der Waals surface area contributed by atoms with Crippen LogP contribution < -0.4 is 4.90 Å². The summed E-state index contributed by atoms with van der Waals surface area (Å²) >= 11 is 6.56. The van der Waals surface area contributed by atoms with Gasteiger partial charge in [-0.25, -0.2) is 4.98 Å². The molecule has 0 radical (unpaired) electrons. The smallest absolute Gasteiger partial charge is 0.290 e. The molecule has 3 aromatic rings. The lowest BCUT2D eigenvalue weighted by Gasteiger charge is -2.35. The van der Waals surface area contributed by atoms with Crippen molar-refractivity contribution < 1.29 is 14.7 Å². The van der Waals surface area contributed by atoms with Crippen molar-refractivity contribution in [3.05, 3.63) is 47.5 Å². The van der Waals surface area contributed by atoms with Gasteiger partial charge in [-0.2, -0.15) is 0 Å². The van der Waals surface area contributed by atoms with Crippen molar-refractivity contribution >= 4 is 40.7 Å². The number of hydrogen-bond donors (Lipinski definition) is 2. The molecular formula is C26H32ClN5O3. The number of nitrogens with one attached hydrogen (secondary N) is 1. The molecule has 0 bridgehead atoms. The number of anilines is 1. The number of nitrogens with zero attached hydrogens (tertiary/aromatic N) is 4. The maximum Gasteiger partial charge on any atom is 0.290 e. The number of H-pyrrole nitrogens is 1. The number of likely N-dealkylation sites (N-methyl/N-ethyl adjacent to an activating group) is 1. The molecule has 2 atom stereocenters. The predicted molar refractivity (Wildman–Crippen MR) is 139 cm³/mol. The second-order valence-electron chi connectivity index (χ2n) is 9.35. The number of piperidine rings is 1. The third kappa shape index (κ3) is 5.60. The van der Waals surface area contributed by atoms with Crippen LogP contribution in [0.3, 0.4) is 0 Å². The van der Waals surface area contributed by atoms with Gasteiger partial charge in [0.25, 0.3) is 6.47 Å². The quantitative estimate of drug-likeness (QED) is 0.530. The number of carbonyl (C=O) groups is 2. The van der Waals surface area contributed by atoms with E-state index in [4.69, 9.17) is 26.5 Å². The molecule has 2 fully saturated rings. The molecule has 186 valence electrons. The highest BCUT2D eigenvalue weighted by Gasteiger charge is 2.34. The van der Waals surface area contributed by atoms with Crippen LogP contribution in [0.5, 0.6) is 0 Å². The maximum absolute atomic E-state index is 13.2. The fourth-order valence-corrected chi connectivity index (χ4v) is 5.21. The molecule has 2 aliphatic rings. The highest BCUT2D eigenvalue weighted by molar-refractivity contribution is 6.33. The van der Waals surface area contributed by atoms with Crippen LogP contribution in [0.1, 0.15) is 19.3 Å². The average molecular weight is 498 g/mol. The van der Waals surface area contributed by atoms with Crippen molar-refractivity contribution in [3.8, 4) is 11.4 Å². The Labute approximate surface area is 210 Å². The first-order valence-corrected chi connectivity index (χ1v) is 12.3. The first-order valence-electron chi connectivity index (χ1n) is 11.9. The summed E-state index contributed by atoms with van der Waals surface area (Å²) in [6.45, 7) is 3.17. The molecular weight excluding hydrogens is 466 g/mol. The summed E-state index contributed by atoms with van der Waals surface area (Å²) < 4.78 is 0. The van der Waals surface area contributed by atoms with Gasteiger partial charge in [0.2, 0.25) is 5.91 Å². The Balaban J connectivity index is 0.000000917. The minimum atomic E-state index is -0.250. The van der Waals surface area contributed by atoms with Crippen LogP contribution in [-0.4, -0.2) is 83.6 Å². The zero-order valence-corrected chi connectivity index (χ0v) is 20.9. The van der Waals surface area contributed by atoms with Crippen molar-refractivity contribution in [2.45, 2.75) is 25.3 Å². The number of halogens is 1. The number of aromatic nitrogens is 2. The van der Waals surface area contributed by atoms with Crippen LogP contribution in [0, 0.1) is 5.92 Å². The van der Waals surface area contributed by atoms with Crippen molar-refractivity contribution in [3.63, 3.8) is 0 Å². The summed E-state index contributed by atoms with van der Waals surface area (Å²) in [7, 11) is 4.20. The second-order valence-corrected chi connectivity index (χ2v) is 9.75. The number of likely N-dealkylation sites (tertiary alicyclic amines) is 1. The van der Waals surface area contributed by atoms with E-state index in [9.17, 15) is 4.79 Å². The molecule has 0 aliphatic carbocycles. The number of para-hydroxylation sites is 2. The zero-order valence-electron chi connectivity index (χ0n) is 20.2. The molecule has 5 rings (SSSR count). The first-order chi connectivity index (χ1) is 16.9. The summed E-state index contributed by atoms with van der Waals surface area (Å²) in [6.07, 6.45) is 3.04. The minimum absolute atomic E-state index is 0.0509. The molecule has 1 amide bonds. The van der Waals surface area contributed by atoms with Gasteiger partial charge in [-0.05, 0) is 63.7 Å². The molecule has 1 aromatic heterocycles. The number of imidazole rings is 1. The van der Waals surface area contributed by atoms with E-state index in [0.29, 0.717) is 17.0 Å². The van der Waals surface area contributed by atoms with Crippen LogP contribution in [0.4, 0.5) is 5.69 Å². The van der Waals surface area contributed by atoms with Gasteiger partial charge in [0, 0.05) is 43.5 Å².